The molecule has 0 radical (unpaired) electrons. The summed E-state index contributed by atoms with van der Waals surface area (Å²) in [5, 5.41) is 8.80. The number of aryl methyl sites for hydroxylation is 1. The van der Waals surface area contributed by atoms with Crippen LogP contribution in [0.1, 0.15) is 36.6 Å². The molecule has 2 aromatic carbocycles. The van der Waals surface area contributed by atoms with Crippen LogP contribution in [0.3, 0.4) is 0 Å². The second-order valence-corrected chi connectivity index (χ2v) is 7.14. The number of benzene rings is 2. The molecule has 4 rings (SSSR count). The maximum atomic E-state index is 12.3. The van der Waals surface area contributed by atoms with Gasteiger partial charge in [-0.05, 0) is 37.1 Å². The number of nitrogens with one attached hydrogen (secondary N) is 1. The van der Waals surface area contributed by atoms with E-state index in [2.05, 4.69) is 58.6 Å². The van der Waals surface area contributed by atoms with Crippen molar-refractivity contribution in [2.45, 2.75) is 45.9 Å². The molecule has 0 fully saturated rings. The van der Waals surface area contributed by atoms with E-state index in [1.807, 2.05) is 16.8 Å². The Morgan fingerprint density at radius 3 is 2.52 bits per heavy atom. The van der Waals surface area contributed by atoms with Crippen molar-refractivity contribution >= 4 is 16.8 Å². The zero-order valence-corrected chi connectivity index (χ0v) is 15.8. The molecule has 1 aliphatic rings. The molecule has 1 N–H and O–H groups in total. The molecule has 0 aliphatic carbocycles. The summed E-state index contributed by atoms with van der Waals surface area (Å²) in [6.45, 7) is 6.35. The smallest absolute Gasteiger partial charge is 0.220 e. The van der Waals surface area contributed by atoms with Crippen LogP contribution in [0.5, 0.6) is 0 Å². The molecule has 5 nitrogen and oxygen atoms in total. The van der Waals surface area contributed by atoms with Crippen molar-refractivity contribution in [3.63, 3.8) is 0 Å². The number of hydrogen-bond donors (Lipinski definition) is 1. The van der Waals surface area contributed by atoms with Crippen molar-refractivity contribution in [3.05, 3.63) is 65.4 Å². The number of carbonyl (C=O) groups is 1. The molecular weight excluding hydrogens is 336 g/mol. The molecule has 140 valence electrons. The first-order chi connectivity index (χ1) is 13.2. The summed E-state index contributed by atoms with van der Waals surface area (Å²) in [5.41, 5.74) is 4.90. The van der Waals surface area contributed by atoms with E-state index in [9.17, 15) is 4.79 Å². The molecular formula is C22H26N4O. The monoisotopic (exact) mass is 362 g/mol. The van der Waals surface area contributed by atoms with Crippen LogP contribution in [0, 0.1) is 0 Å². The van der Waals surface area contributed by atoms with E-state index in [1.165, 1.54) is 11.1 Å². The van der Waals surface area contributed by atoms with Crippen molar-refractivity contribution in [1.29, 1.82) is 0 Å². The van der Waals surface area contributed by atoms with Gasteiger partial charge in [0.25, 0.3) is 0 Å². The molecule has 0 spiro atoms. The van der Waals surface area contributed by atoms with Gasteiger partial charge in [0.1, 0.15) is 0 Å². The summed E-state index contributed by atoms with van der Waals surface area (Å²) in [6, 6.07) is 16.8. The minimum Gasteiger partial charge on any atom is -0.350 e. The molecule has 1 aliphatic heterocycles. The van der Waals surface area contributed by atoms with Gasteiger partial charge in [-0.1, -0.05) is 42.5 Å². The minimum absolute atomic E-state index is 0.0989. The van der Waals surface area contributed by atoms with Crippen molar-refractivity contribution in [2.75, 3.05) is 6.54 Å². The molecule has 27 heavy (non-hydrogen) atoms. The van der Waals surface area contributed by atoms with E-state index >= 15 is 0 Å². The molecule has 1 aromatic heterocycles. The number of rotatable bonds is 7. The highest BCUT2D eigenvalue weighted by molar-refractivity contribution is 5.82. The Hall–Kier alpha value is -2.66. The van der Waals surface area contributed by atoms with E-state index in [1.54, 1.807) is 0 Å². The number of fused-ring (bicyclic) bond motifs is 2. The van der Waals surface area contributed by atoms with Crippen LogP contribution in [0.4, 0.5) is 0 Å². The van der Waals surface area contributed by atoms with E-state index in [-0.39, 0.29) is 5.91 Å². The molecule has 0 saturated heterocycles. The van der Waals surface area contributed by atoms with Gasteiger partial charge < -0.3 is 5.32 Å². The van der Waals surface area contributed by atoms with Crippen LogP contribution in [0.2, 0.25) is 0 Å². The largest absolute Gasteiger partial charge is 0.350 e. The molecule has 0 unspecified atom stereocenters. The standard InChI is InChI=1S/C22H26N4O/c1-2-26-21-11-6-5-10-19(21)20(24-26)14-23-22(27)12-7-13-25-15-17-8-3-4-9-18(17)16-25/h3-6,8-11H,2,7,12-16H2,1H3,(H,23,27). The molecule has 0 bridgehead atoms. The maximum Gasteiger partial charge on any atom is 0.220 e. The summed E-state index contributed by atoms with van der Waals surface area (Å²) in [5.74, 6) is 0.0989. The van der Waals surface area contributed by atoms with Gasteiger partial charge in [-0.3, -0.25) is 14.4 Å². The highest BCUT2D eigenvalue weighted by atomic mass is 16.1. The Bertz CT molecular complexity index is 921. The number of aromatic nitrogens is 2. The van der Waals surface area contributed by atoms with Crippen LogP contribution < -0.4 is 5.32 Å². The number of carbonyl (C=O) groups excluding carboxylic acids is 1. The van der Waals surface area contributed by atoms with E-state index in [0.717, 1.165) is 49.2 Å². The maximum absolute atomic E-state index is 12.3. The Morgan fingerprint density at radius 1 is 1.07 bits per heavy atom. The second kappa shape index (κ2) is 7.92. The quantitative estimate of drug-likeness (QED) is 0.700. The lowest BCUT2D eigenvalue weighted by Crippen LogP contribution is -2.25. The Balaban J connectivity index is 1.25. The summed E-state index contributed by atoms with van der Waals surface area (Å²) in [6.07, 6.45) is 1.43. The lowest BCUT2D eigenvalue weighted by atomic mass is 10.1. The average molecular weight is 362 g/mol. The predicted octanol–water partition coefficient (Wildman–Crippen LogP) is 3.47. The Kier molecular flexibility index (Phi) is 5.21. The first kappa shape index (κ1) is 17.7. The molecule has 5 heteroatoms. The highest BCUT2D eigenvalue weighted by Crippen LogP contribution is 2.22. The van der Waals surface area contributed by atoms with E-state index < -0.39 is 0 Å². The number of nitrogens with zero attached hydrogens (tertiary/aromatic N) is 3. The van der Waals surface area contributed by atoms with Gasteiger partial charge in [0.2, 0.25) is 5.91 Å². The summed E-state index contributed by atoms with van der Waals surface area (Å²) < 4.78 is 1.99. The van der Waals surface area contributed by atoms with Gasteiger partial charge >= 0.3 is 0 Å². The summed E-state index contributed by atoms with van der Waals surface area (Å²) in [7, 11) is 0. The fourth-order valence-electron chi connectivity index (χ4n) is 3.86. The lowest BCUT2D eigenvalue weighted by molar-refractivity contribution is -0.121. The van der Waals surface area contributed by atoms with Crippen molar-refractivity contribution in [3.8, 4) is 0 Å². The number of hydrogen-bond acceptors (Lipinski definition) is 3. The Morgan fingerprint density at radius 2 is 1.78 bits per heavy atom. The van der Waals surface area contributed by atoms with Crippen LogP contribution in [0.25, 0.3) is 10.9 Å². The molecule has 0 atom stereocenters. The molecule has 2 heterocycles. The van der Waals surface area contributed by atoms with E-state index in [4.69, 9.17) is 0 Å². The molecule has 1 amide bonds. The second-order valence-electron chi connectivity index (χ2n) is 7.14. The van der Waals surface area contributed by atoms with Gasteiger partial charge in [0, 0.05) is 31.4 Å². The fraction of sp³-hybridized carbons (Fsp3) is 0.364. The zero-order chi connectivity index (χ0) is 18.6. The Labute approximate surface area is 160 Å². The topological polar surface area (TPSA) is 50.2 Å². The van der Waals surface area contributed by atoms with Crippen molar-refractivity contribution in [1.82, 2.24) is 20.0 Å². The van der Waals surface area contributed by atoms with Gasteiger partial charge in [0.15, 0.2) is 0 Å². The minimum atomic E-state index is 0.0989. The predicted molar refractivity (Wildman–Crippen MR) is 107 cm³/mol. The number of amides is 1. The van der Waals surface area contributed by atoms with Gasteiger partial charge in [-0.25, -0.2) is 0 Å². The summed E-state index contributed by atoms with van der Waals surface area (Å²) in [4.78, 5) is 14.7. The normalized spacial score (nSPS) is 13.8. The van der Waals surface area contributed by atoms with E-state index in [0.29, 0.717) is 13.0 Å². The van der Waals surface area contributed by atoms with Crippen LogP contribution in [-0.4, -0.2) is 27.1 Å². The third-order valence-electron chi connectivity index (χ3n) is 5.27. The third-order valence-corrected chi connectivity index (χ3v) is 5.27. The van der Waals surface area contributed by atoms with Crippen LogP contribution in [-0.2, 0) is 31.0 Å². The van der Waals surface area contributed by atoms with Gasteiger partial charge in [0.05, 0.1) is 17.8 Å². The first-order valence-electron chi connectivity index (χ1n) is 9.75. The fourth-order valence-corrected chi connectivity index (χ4v) is 3.86. The highest BCUT2D eigenvalue weighted by Gasteiger charge is 2.18. The first-order valence-corrected chi connectivity index (χ1v) is 9.75. The van der Waals surface area contributed by atoms with Crippen LogP contribution >= 0.6 is 0 Å². The third kappa shape index (κ3) is 3.88. The SMILES string of the molecule is CCn1nc(CNC(=O)CCCN2Cc3ccccc3C2)c2ccccc21. The van der Waals surface area contributed by atoms with Gasteiger partial charge in [-0.2, -0.15) is 5.10 Å². The average Bonchev–Trinajstić information content (AvgIpc) is 3.27. The van der Waals surface area contributed by atoms with Crippen molar-refractivity contribution < 1.29 is 4.79 Å². The van der Waals surface area contributed by atoms with Crippen molar-refractivity contribution in [2.24, 2.45) is 0 Å². The molecule has 0 saturated carbocycles. The number of para-hydroxylation sites is 1. The lowest BCUT2D eigenvalue weighted by Gasteiger charge is -2.14. The summed E-state index contributed by atoms with van der Waals surface area (Å²) >= 11 is 0. The van der Waals surface area contributed by atoms with Crippen LogP contribution in [0.15, 0.2) is 48.5 Å². The zero-order valence-electron chi connectivity index (χ0n) is 15.8. The van der Waals surface area contributed by atoms with Gasteiger partial charge in [-0.15, -0.1) is 0 Å². The molecule has 3 aromatic rings.